The number of rotatable bonds is 3. The van der Waals surface area contributed by atoms with Gasteiger partial charge in [-0.05, 0) is 28.6 Å². The predicted octanol–water partition coefficient (Wildman–Crippen LogP) is 2.88. The molecule has 1 aromatic carbocycles. The normalized spacial score (nSPS) is 11.7. The highest BCUT2D eigenvalue weighted by Gasteiger charge is 2.38. The second-order valence-corrected chi connectivity index (χ2v) is 4.55. The topological polar surface area (TPSA) is 60.7 Å². The van der Waals surface area contributed by atoms with Gasteiger partial charge < -0.3 is 0 Å². The van der Waals surface area contributed by atoms with Gasteiger partial charge in [-0.25, -0.2) is 4.68 Å². The van der Waals surface area contributed by atoms with E-state index in [-0.39, 0.29) is 10.6 Å². The standard InChI is InChI=1S/C10H5Cl2F3N4O/c11-5-1-2-6(7(12)3-5)8(20)4-19-9(10(13,14)15)16-17-18-19/h1-3H,4H2. The maximum absolute atomic E-state index is 12.5. The van der Waals surface area contributed by atoms with Crippen molar-refractivity contribution in [1.82, 2.24) is 20.2 Å². The van der Waals surface area contributed by atoms with Gasteiger partial charge in [0.15, 0.2) is 5.78 Å². The minimum atomic E-state index is -4.74. The Morgan fingerprint density at radius 1 is 1.30 bits per heavy atom. The quantitative estimate of drug-likeness (QED) is 0.814. The minimum absolute atomic E-state index is 0.0414. The van der Waals surface area contributed by atoms with E-state index < -0.39 is 24.3 Å². The molecule has 10 heteroatoms. The number of carbonyl (C=O) groups excluding carboxylic acids is 1. The van der Waals surface area contributed by atoms with Crippen molar-refractivity contribution in [3.05, 3.63) is 39.6 Å². The molecule has 0 fully saturated rings. The van der Waals surface area contributed by atoms with Crippen LogP contribution in [-0.4, -0.2) is 26.0 Å². The monoisotopic (exact) mass is 324 g/mol. The van der Waals surface area contributed by atoms with Crippen molar-refractivity contribution in [2.45, 2.75) is 12.7 Å². The summed E-state index contributed by atoms with van der Waals surface area (Å²) in [5, 5.41) is 9.25. The van der Waals surface area contributed by atoms with Gasteiger partial charge in [0.1, 0.15) is 6.54 Å². The van der Waals surface area contributed by atoms with Crippen LogP contribution in [0.15, 0.2) is 18.2 Å². The van der Waals surface area contributed by atoms with Crippen LogP contribution in [0.1, 0.15) is 16.2 Å². The van der Waals surface area contributed by atoms with Crippen molar-refractivity contribution in [3.63, 3.8) is 0 Å². The molecule has 0 N–H and O–H groups in total. The number of halogens is 5. The Kier molecular flexibility index (Phi) is 3.96. The molecule has 0 radical (unpaired) electrons. The van der Waals surface area contributed by atoms with Gasteiger partial charge >= 0.3 is 6.18 Å². The van der Waals surface area contributed by atoms with Crippen LogP contribution in [0.2, 0.25) is 10.0 Å². The van der Waals surface area contributed by atoms with Crippen molar-refractivity contribution >= 4 is 29.0 Å². The molecule has 0 unspecified atom stereocenters. The number of hydrogen-bond acceptors (Lipinski definition) is 4. The lowest BCUT2D eigenvalue weighted by atomic mass is 10.1. The van der Waals surface area contributed by atoms with Crippen LogP contribution in [0.4, 0.5) is 13.2 Å². The van der Waals surface area contributed by atoms with Gasteiger partial charge in [-0.1, -0.05) is 23.2 Å². The van der Waals surface area contributed by atoms with E-state index in [1.165, 1.54) is 18.2 Å². The zero-order chi connectivity index (χ0) is 14.9. The number of Topliss-reactive ketones (excluding diaryl/α,β-unsaturated/α-hetero) is 1. The summed E-state index contributed by atoms with van der Waals surface area (Å²) >= 11 is 11.5. The Labute approximate surface area is 120 Å². The summed E-state index contributed by atoms with van der Waals surface area (Å²) in [5.74, 6) is -2.01. The molecule has 0 aliphatic heterocycles. The van der Waals surface area contributed by atoms with E-state index in [2.05, 4.69) is 15.5 Å². The Balaban J connectivity index is 2.27. The Bertz CT molecular complexity index is 656. The van der Waals surface area contributed by atoms with Crippen LogP contribution in [-0.2, 0) is 12.7 Å². The molecule has 0 saturated carbocycles. The zero-order valence-electron chi connectivity index (χ0n) is 9.53. The number of hydrogen-bond donors (Lipinski definition) is 0. The molecule has 20 heavy (non-hydrogen) atoms. The molecule has 1 heterocycles. The van der Waals surface area contributed by atoms with Gasteiger partial charge in [-0.2, -0.15) is 13.2 Å². The van der Waals surface area contributed by atoms with Crippen molar-refractivity contribution in [2.75, 3.05) is 0 Å². The lowest BCUT2D eigenvalue weighted by molar-refractivity contribution is -0.147. The molecular weight excluding hydrogens is 320 g/mol. The van der Waals surface area contributed by atoms with Crippen molar-refractivity contribution in [2.24, 2.45) is 0 Å². The first-order valence-electron chi connectivity index (χ1n) is 5.10. The second kappa shape index (κ2) is 5.37. The Morgan fingerprint density at radius 2 is 2.00 bits per heavy atom. The van der Waals surface area contributed by atoms with Crippen LogP contribution >= 0.6 is 23.2 Å². The molecular formula is C10H5Cl2F3N4O. The maximum Gasteiger partial charge on any atom is 0.453 e. The summed E-state index contributed by atoms with van der Waals surface area (Å²) in [5.41, 5.74) is 0.0414. The minimum Gasteiger partial charge on any atom is -0.292 e. The molecule has 0 spiro atoms. The van der Waals surface area contributed by atoms with E-state index in [0.29, 0.717) is 9.70 Å². The van der Waals surface area contributed by atoms with Gasteiger partial charge in [0.2, 0.25) is 0 Å². The lowest BCUT2D eigenvalue weighted by Gasteiger charge is -2.07. The fourth-order valence-corrected chi connectivity index (χ4v) is 1.96. The van der Waals surface area contributed by atoms with Crippen LogP contribution < -0.4 is 0 Å². The number of tetrazole rings is 1. The SMILES string of the molecule is O=C(Cn1nnnc1C(F)(F)F)c1ccc(Cl)cc1Cl. The smallest absolute Gasteiger partial charge is 0.292 e. The summed E-state index contributed by atoms with van der Waals surface area (Å²) in [4.78, 5) is 11.9. The summed E-state index contributed by atoms with van der Waals surface area (Å²) in [6.45, 7) is -0.677. The average molecular weight is 325 g/mol. The fraction of sp³-hybridized carbons (Fsp3) is 0.200. The van der Waals surface area contributed by atoms with E-state index in [1.54, 1.807) is 0 Å². The van der Waals surface area contributed by atoms with Gasteiger partial charge in [0, 0.05) is 10.6 Å². The van der Waals surface area contributed by atoms with E-state index >= 15 is 0 Å². The van der Waals surface area contributed by atoms with Gasteiger partial charge in [0.25, 0.3) is 5.82 Å². The molecule has 106 valence electrons. The third kappa shape index (κ3) is 3.07. The Morgan fingerprint density at radius 3 is 2.60 bits per heavy atom. The van der Waals surface area contributed by atoms with Gasteiger partial charge in [-0.15, -0.1) is 5.10 Å². The number of nitrogens with zero attached hydrogens (tertiary/aromatic N) is 4. The van der Waals surface area contributed by atoms with Crippen LogP contribution in [0.25, 0.3) is 0 Å². The molecule has 0 aliphatic carbocycles. The highest BCUT2D eigenvalue weighted by molar-refractivity contribution is 6.36. The zero-order valence-corrected chi connectivity index (χ0v) is 11.0. The van der Waals surface area contributed by atoms with Crippen LogP contribution in [0.5, 0.6) is 0 Å². The second-order valence-electron chi connectivity index (χ2n) is 3.71. The van der Waals surface area contributed by atoms with E-state index in [4.69, 9.17) is 23.2 Å². The molecule has 0 saturated heterocycles. The molecule has 1 aromatic heterocycles. The number of carbonyl (C=O) groups is 1. The van der Waals surface area contributed by atoms with Crippen molar-refractivity contribution < 1.29 is 18.0 Å². The molecule has 0 aliphatic rings. The molecule has 5 nitrogen and oxygen atoms in total. The predicted molar refractivity (Wildman–Crippen MR) is 63.6 cm³/mol. The maximum atomic E-state index is 12.5. The third-order valence-electron chi connectivity index (χ3n) is 2.31. The highest BCUT2D eigenvalue weighted by atomic mass is 35.5. The molecule has 2 rings (SSSR count). The van der Waals surface area contributed by atoms with Gasteiger partial charge in [0.05, 0.1) is 5.02 Å². The van der Waals surface area contributed by atoms with E-state index in [9.17, 15) is 18.0 Å². The third-order valence-corrected chi connectivity index (χ3v) is 2.86. The summed E-state index contributed by atoms with van der Waals surface area (Å²) in [6, 6.07) is 4.05. The lowest BCUT2D eigenvalue weighted by Crippen LogP contribution is -2.20. The van der Waals surface area contributed by atoms with Crippen molar-refractivity contribution in [1.29, 1.82) is 0 Å². The number of benzene rings is 1. The first-order valence-corrected chi connectivity index (χ1v) is 5.86. The summed E-state index contributed by atoms with van der Waals surface area (Å²) < 4.78 is 38.0. The first kappa shape index (κ1) is 14.7. The Hall–Kier alpha value is -1.67. The summed E-state index contributed by atoms with van der Waals surface area (Å²) in [6.07, 6.45) is -4.74. The average Bonchev–Trinajstić information content (AvgIpc) is 2.76. The number of aromatic nitrogens is 4. The van der Waals surface area contributed by atoms with Crippen molar-refractivity contribution in [3.8, 4) is 0 Å². The molecule has 0 amide bonds. The molecule has 0 bridgehead atoms. The van der Waals surface area contributed by atoms with E-state index in [1.807, 2.05) is 0 Å². The first-order chi connectivity index (χ1) is 9.29. The van der Waals surface area contributed by atoms with Crippen LogP contribution in [0, 0.1) is 0 Å². The number of alkyl halides is 3. The summed E-state index contributed by atoms with van der Waals surface area (Å²) in [7, 11) is 0. The fourth-order valence-electron chi connectivity index (χ4n) is 1.45. The highest BCUT2D eigenvalue weighted by Crippen LogP contribution is 2.27. The number of ketones is 1. The van der Waals surface area contributed by atoms with E-state index in [0.717, 1.165) is 0 Å². The molecule has 2 aromatic rings. The van der Waals surface area contributed by atoms with Crippen LogP contribution in [0.3, 0.4) is 0 Å². The largest absolute Gasteiger partial charge is 0.453 e. The van der Waals surface area contributed by atoms with Gasteiger partial charge in [-0.3, -0.25) is 4.79 Å². The molecule has 0 atom stereocenters.